The Balaban J connectivity index is 1.20. The van der Waals surface area contributed by atoms with Crippen molar-refractivity contribution >= 4 is 29.0 Å². The first-order chi connectivity index (χ1) is 16.6. The fraction of sp³-hybridized carbons (Fsp3) is 0.462. The maximum atomic E-state index is 13.1. The largest absolute Gasteiger partial charge is 0.362 e. The molecule has 1 fully saturated rings. The van der Waals surface area contributed by atoms with E-state index in [0.717, 1.165) is 60.9 Å². The van der Waals surface area contributed by atoms with Gasteiger partial charge in [-0.2, -0.15) is 4.98 Å². The minimum absolute atomic E-state index is 0.0402. The van der Waals surface area contributed by atoms with Gasteiger partial charge in [-0.15, -0.1) is 11.3 Å². The average molecular weight is 477 g/mol. The predicted octanol–water partition coefficient (Wildman–Crippen LogP) is 4.70. The van der Waals surface area contributed by atoms with E-state index in [1.165, 1.54) is 24.1 Å². The zero-order valence-corrected chi connectivity index (χ0v) is 20.7. The van der Waals surface area contributed by atoms with Gasteiger partial charge in [0.1, 0.15) is 5.82 Å². The molecule has 0 unspecified atom stereocenters. The first-order valence-electron chi connectivity index (χ1n) is 12.2. The molecule has 8 heteroatoms. The summed E-state index contributed by atoms with van der Waals surface area (Å²) in [6, 6.07) is 8.17. The van der Waals surface area contributed by atoms with E-state index >= 15 is 0 Å². The molecule has 0 spiro atoms. The number of aryl methyl sites for hydroxylation is 1. The van der Waals surface area contributed by atoms with Gasteiger partial charge in [0.15, 0.2) is 0 Å². The third-order valence-corrected chi connectivity index (χ3v) is 7.66. The van der Waals surface area contributed by atoms with E-state index in [4.69, 9.17) is 9.97 Å². The Morgan fingerprint density at radius 1 is 1.03 bits per heavy atom. The van der Waals surface area contributed by atoms with Gasteiger partial charge in [0.2, 0.25) is 5.95 Å². The molecule has 0 radical (unpaired) electrons. The molecule has 178 valence electrons. The number of anilines is 2. The highest BCUT2D eigenvalue weighted by atomic mass is 32.1. The van der Waals surface area contributed by atoms with E-state index in [1.54, 1.807) is 17.5 Å². The molecule has 1 amide bonds. The van der Waals surface area contributed by atoms with Crippen molar-refractivity contribution < 1.29 is 4.79 Å². The summed E-state index contributed by atoms with van der Waals surface area (Å²) in [7, 11) is 4.11. The molecule has 7 nitrogen and oxygen atoms in total. The van der Waals surface area contributed by atoms with E-state index < -0.39 is 0 Å². The number of thiophene rings is 1. The van der Waals surface area contributed by atoms with E-state index in [0.29, 0.717) is 11.6 Å². The Labute approximate surface area is 205 Å². The first-order valence-corrected chi connectivity index (χ1v) is 13.1. The smallest absolute Gasteiger partial charge is 0.253 e. The molecule has 0 bridgehead atoms. The summed E-state index contributed by atoms with van der Waals surface area (Å²) < 4.78 is 0. The van der Waals surface area contributed by atoms with E-state index in [1.807, 2.05) is 29.6 Å². The molecule has 3 aromatic rings. The molecule has 34 heavy (non-hydrogen) atoms. The SMILES string of the molecule is CN(C)c1nc(NC2CCC(NC(=O)c3cccnc3-c3cccs3)CC2)nc2c1CCCC2. The maximum Gasteiger partial charge on any atom is 0.253 e. The average Bonchev–Trinajstić information content (AvgIpc) is 3.39. The van der Waals surface area contributed by atoms with Crippen molar-refractivity contribution in [2.24, 2.45) is 0 Å². The Kier molecular flexibility index (Phi) is 6.76. The summed E-state index contributed by atoms with van der Waals surface area (Å²) in [5.74, 6) is 1.75. The van der Waals surface area contributed by atoms with E-state index in [-0.39, 0.29) is 11.9 Å². The number of rotatable bonds is 6. The highest BCUT2D eigenvalue weighted by Crippen LogP contribution is 2.30. The number of pyridine rings is 1. The Hall–Kier alpha value is -3.00. The van der Waals surface area contributed by atoms with Crippen molar-refractivity contribution in [3.63, 3.8) is 0 Å². The zero-order valence-electron chi connectivity index (χ0n) is 19.9. The van der Waals surface area contributed by atoms with Crippen molar-refractivity contribution in [1.29, 1.82) is 0 Å². The quantitative estimate of drug-likeness (QED) is 0.537. The van der Waals surface area contributed by atoms with Crippen molar-refractivity contribution in [3.8, 4) is 10.6 Å². The van der Waals surface area contributed by atoms with Gasteiger partial charge < -0.3 is 15.5 Å². The number of fused-ring (bicyclic) bond motifs is 1. The number of nitrogens with one attached hydrogen (secondary N) is 2. The maximum absolute atomic E-state index is 13.1. The first kappa shape index (κ1) is 22.8. The van der Waals surface area contributed by atoms with Gasteiger partial charge in [0.25, 0.3) is 5.91 Å². The fourth-order valence-electron chi connectivity index (χ4n) is 5.03. The van der Waals surface area contributed by atoms with Crippen molar-refractivity contribution in [2.45, 2.75) is 63.5 Å². The molecule has 2 aliphatic rings. The molecule has 2 N–H and O–H groups in total. The summed E-state index contributed by atoms with van der Waals surface area (Å²) >= 11 is 1.60. The molecule has 1 saturated carbocycles. The number of hydrogen-bond acceptors (Lipinski definition) is 7. The standard InChI is InChI=1S/C26H32N6OS/c1-32(2)24-19-7-3-4-9-21(19)30-26(31-24)29-18-13-11-17(12-14-18)28-25(33)20-8-5-15-27-23(20)22-10-6-16-34-22/h5-6,8,10,15-18H,3-4,7,9,11-14H2,1-2H3,(H,28,33)(H,29,30,31). The number of hydrogen-bond donors (Lipinski definition) is 2. The van der Waals surface area contributed by atoms with Crippen molar-refractivity contribution in [2.75, 3.05) is 24.3 Å². The predicted molar refractivity (Wildman–Crippen MR) is 138 cm³/mol. The van der Waals surface area contributed by atoms with Crippen LogP contribution in [0.1, 0.15) is 60.1 Å². The third kappa shape index (κ3) is 4.92. The summed E-state index contributed by atoms with van der Waals surface area (Å²) in [6.07, 6.45) is 10.1. The summed E-state index contributed by atoms with van der Waals surface area (Å²) in [5, 5.41) is 8.84. The fourth-order valence-corrected chi connectivity index (χ4v) is 5.77. The molecular weight excluding hydrogens is 444 g/mol. The van der Waals surface area contributed by atoms with Crippen molar-refractivity contribution in [1.82, 2.24) is 20.3 Å². The second-order valence-electron chi connectivity index (χ2n) is 9.44. The topological polar surface area (TPSA) is 83.0 Å². The molecule has 3 heterocycles. The van der Waals surface area contributed by atoms with Gasteiger partial charge in [-0.25, -0.2) is 4.98 Å². The van der Waals surface area contributed by atoms with Crippen LogP contribution in [0.3, 0.4) is 0 Å². The van der Waals surface area contributed by atoms with Gasteiger partial charge in [0, 0.05) is 37.9 Å². The van der Waals surface area contributed by atoms with Crippen molar-refractivity contribution in [3.05, 3.63) is 52.7 Å². The molecule has 0 aromatic carbocycles. The molecule has 3 aromatic heterocycles. The summed E-state index contributed by atoms with van der Waals surface area (Å²) in [6.45, 7) is 0. The normalized spacial score (nSPS) is 19.8. The lowest BCUT2D eigenvalue weighted by molar-refractivity contribution is 0.0927. The van der Waals surface area contributed by atoms with Crippen LogP contribution in [0, 0.1) is 0 Å². The van der Waals surface area contributed by atoms with Gasteiger partial charge in [0.05, 0.1) is 21.8 Å². The van der Waals surface area contributed by atoms with E-state index in [2.05, 4.69) is 34.6 Å². The summed E-state index contributed by atoms with van der Waals surface area (Å²) in [4.78, 5) is 30.4. The monoisotopic (exact) mass is 476 g/mol. The summed E-state index contributed by atoms with van der Waals surface area (Å²) in [5.41, 5.74) is 3.91. The van der Waals surface area contributed by atoms with Gasteiger partial charge in [-0.05, 0) is 74.9 Å². The molecule has 0 atom stereocenters. The minimum Gasteiger partial charge on any atom is -0.362 e. The second-order valence-corrected chi connectivity index (χ2v) is 10.4. The molecular formula is C26H32N6OS. The van der Waals surface area contributed by atoms with Gasteiger partial charge in [-0.1, -0.05) is 6.07 Å². The number of carbonyl (C=O) groups excluding carboxylic acids is 1. The van der Waals surface area contributed by atoms with Crippen LogP contribution in [0.5, 0.6) is 0 Å². The van der Waals surface area contributed by atoms with Crippen LogP contribution in [0.2, 0.25) is 0 Å². The van der Waals surface area contributed by atoms with Crippen LogP contribution in [-0.4, -0.2) is 47.0 Å². The van der Waals surface area contributed by atoms with Gasteiger partial charge in [-0.3, -0.25) is 9.78 Å². The number of amides is 1. The molecule has 0 aliphatic heterocycles. The lowest BCUT2D eigenvalue weighted by atomic mass is 9.91. The van der Waals surface area contributed by atoms with Crippen LogP contribution in [0.4, 0.5) is 11.8 Å². The Morgan fingerprint density at radius 2 is 1.82 bits per heavy atom. The lowest BCUT2D eigenvalue weighted by Crippen LogP contribution is -2.40. The zero-order chi connectivity index (χ0) is 23.5. The van der Waals surface area contributed by atoms with E-state index in [9.17, 15) is 4.79 Å². The van der Waals surface area contributed by atoms with Crippen LogP contribution >= 0.6 is 11.3 Å². The van der Waals surface area contributed by atoms with Crippen LogP contribution in [0.15, 0.2) is 35.8 Å². The Bertz CT molecular complexity index is 1140. The highest BCUT2D eigenvalue weighted by molar-refractivity contribution is 7.13. The molecule has 5 rings (SSSR count). The lowest BCUT2D eigenvalue weighted by Gasteiger charge is -2.30. The highest BCUT2D eigenvalue weighted by Gasteiger charge is 2.26. The van der Waals surface area contributed by atoms with Crippen LogP contribution < -0.4 is 15.5 Å². The molecule has 2 aliphatic carbocycles. The number of carbonyl (C=O) groups is 1. The second kappa shape index (κ2) is 10.1. The van der Waals surface area contributed by atoms with Gasteiger partial charge >= 0.3 is 0 Å². The number of nitrogens with zero attached hydrogens (tertiary/aromatic N) is 4. The molecule has 0 saturated heterocycles. The van der Waals surface area contributed by atoms with Crippen LogP contribution in [0.25, 0.3) is 10.6 Å². The van der Waals surface area contributed by atoms with Crippen LogP contribution in [-0.2, 0) is 12.8 Å². The third-order valence-electron chi connectivity index (χ3n) is 6.79. The minimum atomic E-state index is -0.0402. The Morgan fingerprint density at radius 3 is 2.59 bits per heavy atom. The number of aromatic nitrogens is 3.